The van der Waals surface area contributed by atoms with Crippen molar-refractivity contribution in [1.29, 1.82) is 0 Å². The summed E-state index contributed by atoms with van der Waals surface area (Å²) in [7, 11) is 0. The average Bonchev–Trinajstić information content (AvgIpc) is 1.25. The van der Waals surface area contributed by atoms with E-state index < -0.39 is 10.2 Å². The molecule has 9 heavy (non-hydrogen) atoms. The Morgan fingerprint density at radius 3 is 0.778 bits per heavy atom. The molecule has 9 heteroatoms. The van der Waals surface area contributed by atoms with Gasteiger partial charge < -0.3 is 30.6 Å². The smallest absolute Gasteiger partial charge is 0.0689 e. The standard InChI is InChI=1S/Ge.2NO3/c;2*2-1(3)4/q;2*-1. The maximum Gasteiger partial charge on any atom is 0.0689 e. The third kappa shape index (κ3) is 152. The largest absolute Gasteiger partial charge is 0.356 e. The Bertz CT molecular complexity index is 69.1. The zero-order chi connectivity index (χ0) is 7.15. The fourth-order valence-corrected chi connectivity index (χ4v) is 0. The molecule has 0 N–H and O–H groups in total. The Morgan fingerprint density at radius 2 is 0.778 bits per heavy atom. The maximum absolute atomic E-state index is 8.25. The number of nitrogens with zero attached hydrogens (tertiary/aromatic N) is 2. The van der Waals surface area contributed by atoms with E-state index in [4.69, 9.17) is 30.6 Å². The van der Waals surface area contributed by atoms with E-state index in [1.165, 1.54) is 0 Å². The van der Waals surface area contributed by atoms with Crippen LogP contribution in [0.2, 0.25) is 0 Å². The van der Waals surface area contributed by atoms with E-state index in [0.717, 1.165) is 0 Å². The third-order valence-corrected chi connectivity index (χ3v) is 0. The summed E-state index contributed by atoms with van der Waals surface area (Å²) in [6.45, 7) is 0. The molecule has 0 aromatic carbocycles. The number of hydrogen-bond acceptors (Lipinski definition) is 6. The molecule has 52 valence electrons. The van der Waals surface area contributed by atoms with Crippen molar-refractivity contribution in [3.05, 3.63) is 30.6 Å². The van der Waals surface area contributed by atoms with Crippen molar-refractivity contribution in [2.45, 2.75) is 0 Å². The zero-order valence-corrected chi connectivity index (χ0v) is 5.94. The first-order valence-corrected chi connectivity index (χ1v) is 1.10. The maximum atomic E-state index is 8.25. The molecule has 0 aromatic rings. The molecule has 0 heterocycles. The molecule has 0 amide bonds. The topological polar surface area (TPSA) is 132 Å². The van der Waals surface area contributed by atoms with Gasteiger partial charge in [0.05, 0.1) is 10.2 Å². The molecule has 0 aliphatic heterocycles. The van der Waals surface area contributed by atoms with Gasteiger partial charge in [-0.15, -0.1) is 0 Å². The van der Waals surface area contributed by atoms with Gasteiger partial charge in [-0.1, -0.05) is 0 Å². The van der Waals surface area contributed by atoms with Gasteiger partial charge in [-0.3, -0.25) is 0 Å². The molecule has 0 saturated heterocycles. The van der Waals surface area contributed by atoms with Gasteiger partial charge in [0.1, 0.15) is 0 Å². The van der Waals surface area contributed by atoms with Crippen molar-refractivity contribution < 1.29 is 10.2 Å². The molecular formula is GeN2O6-2. The van der Waals surface area contributed by atoms with Crippen molar-refractivity contribution in [1.82, 2.24) is 0 Å². The molecule has 0 aromatic heterocycles. The third-order valence-electron chi connectivity index (χ3n) is 0. The van der Waals surface area contributed by atoms with Crippen LogP contribution in [-0.2, 0) is 0 Å². The van der Waals surface area contributed by atoms with Crippen LogP contribution in [0.25, 0.3) is 0 Å². The second-order valence-corrected chi connectivity index (χ2v) is 0.447. The second-order valence-electron chi connectivity index (χ2n) is 0.447. The molecule has 8 nitrogen and oxygen atoms in total. The normalized spacial score (nSPS) is 5.33. The summed E-state index contributed by atoms with van der Waals surface area (Å²) in [6, 6.07) is 0. The number of rotatable bonds is 0. The first kappa shape index (κ1) is 15.7. The van der Waals surface area contributed by atoms with Crippen molar-refractivity contribution in [2.75, 3.05) is 0 Å². The summed E-state index contributed by atoms with van der Waals surface area (Å²) in [5.41, 5.74) is 0. The second kappa shape index (κ2) is 10.0. The first-order valence-electron chi connectivity index (χ1n) is 1.10. The van der Waals surface area contributed by atoms with Crippen LogP contribution < -0.4 is 0 Å². The van der Waals surface area contributed by atoms with E-state index in [1.54, 1.807) is 0 Å². The molecule has 0 aliphatic rings. The predicted octanol–water partition coefficient (Wildman–Crippen LogP) is -0.859. The van der Waals surface area contributed by atoms with Gasteiger partial charge in [-0.05, 0) is 0 Å². The number of hydrogen-bond donors (Lipinski definition) is 0. The fourth-order valence-electron chi connectivity index (χ4n) is 0. The minimum atomic E-state index is -1.75. The van der Waals surface area contributed by atoms with Crippen molar-refractivity contribution in [3.63, 3.8) is 0 Å². The first-order chi connectivity index (χ1) is 3.46. The van der Waals surface area contributed by atoms with Crippen LogP contribution in [0.4, 0.5) is 0 Å². The van der Waals surface area contributed by atoms with Gasteiger partial charge in [0.15, 0.2) is 0 Å². The summed E-state index contributed by atoms with van der Waals surface area (Å²) in [5, 5.41) is 29.5. The van der Waals surface area contributed by atoms with E-state index >= 15 is 0 Å². The minimum absolute atomic E-state index is 0. The average molecular weight is 197 g/mol. The minimum Gasteiger partial charge on any atom is -0.356 e. The summed E-state index contributed by atoms with van der Waals surface area (Å²) < 4.78 is 0. The van der Waals surface area contributed by atoms with Crippen molar-refractivity contribution >= 4 is 17.6 Å². The van der Waals surface area contributed by atoms with Crippen LogP contribution in [0.15, 0.2) is 0 Å². The summed E-state index contributed by atoms with van der Waals surface area (Å²) >= 11 is 0. The Balaban J connectivity index is -0.0000000720. The van der Waals surface area contributed by atoms with E-state index in [9.17, 15) is 0 Å². The fraction of sp³-hybridized carbons (Fsp3) is 0. The van der Waals surface area contributed by atoms with Gasteiger partial charge in [-0.25, -0.2) is 0 Å². The van der Waals surface area contributed by atoms with Crippen LogP contribution in [0.5, 0.6) is 0 Å². The molecule has 0 bridgehead atoms. The van der Waals surface area contributed by atoms with Gasteiger partial charge in [0, 0.05) is 17.6 Å². The molecule has 4 radical (unpaired) electrons. The van der Waals surface area contributed by atoms with Gasteiger partial charge in [0.25, 0.3) is 0 Å². The van der Waals surface area contributed by atoms with E-state index in [-0.39, 0.29) is 17.6 Å². The molecular weight excluding hydrogens is 197 g/mol. The zero-order valence-electron chi connectivity index (χ0n) is 3.84. The predicted molar refractivity (Wildman–Crippen MR) is 26.5 cm³/mol. The Morgan fingerprint density at radius 1 is 0.778 bits per heavy atom. The quantitative estimate of drug-likeness (QED) is 0.281. The summed E-state index contributed by atoms with van der Waals surface area (Å²) in [4.78, 5) is 16.5. The Kier molecular flexibility index (Phi) is 17.5. The van der Waals surface area contributed by atoms with Gasteiger partial charge >= 0.3 is 0 Å². The van der Waals surface area contributed by atoms with Crippen molar-refractivity contribution in [2.24, 2.45) is 0 Å². The van der Waals surface area contributed by atoms with Gasteiger partial charge in [0.2, 0.25) is 0 Å². The van der Waals surface area contributed by atoms with Crippen molar-refractivity contribution in [3.8, 4) is 0 Å². The molecule has 0 aliphatic carbocycles. The van der Waals surface area contributed by atoms with Crippen LogP contribution in [0, 0.1) is 30.6 Å². The monoisotopic (exact) mass is 198 g/mol. The van der Waals surface area contributed by atoms with E-state index in [1.807, 2.05) is 0 Å². The Labute approximate surface area is 59.3 Å². The van der Waals surface area contributed by atoms with Crippen LogP contribution in [0.3, 0.4) is 0 Å². The molecule has 0 rings (SSSR count). The summed E-state index contributed by atoms with van der Waals surface area (Å²) in [5.74, 6) is 0. The molecule has 0 unspecified atom stereocenters. The molecule has 0 spiro atoms. The van der Waals surface area contributed by atoms with Gasteiger partial charge in [-0.2, -0.15) is 0 Å². The molecule has 0 fully saturated rings. The Hall–Kier alpha value is -1.06. The van der Waals surface area contributed by atoms with Crippen LogP contribution in [0.1, 0.15) is 0 Å². The van der Waals surface area contributed by atoms with E-state index in [2.05, 4.69) is 0 Å². The van der Waals surface area contributed by atoms with E-state index in [0.29, 0.717) is 0 Å². The molecule has 0 saturated carbocycles. The summed E-state index contributed by atoms with van der Waals surface area (Å²) in [6.07, 6.45) is 0. The SMILES string of the molecule is O=[N+]([O-])[O-].O=[N+]([O-])[O-].[Ge]. The van der Waals surface area contributed by atoms with Crippen LogP contribution in [-0.4, -0.2) is 27.8 Å². The molecule has 0 atom stereocenters. The van der Waals surface area contributed by atoms with Crippen LogP contribution >= 0.6 is 0 Å².